The molecule has 0 aliphatic carbocycles. The fraction of sp³-hybridized carbons (Fsp3) is 0. The van der Waals surface area contributed by atoms with E-state index in [1.54, 1.807) is 6.07 Å². The second kappa shape index (κ2) is 4.93. The second-order valence-corrected chi connectivity index (χ2v) is 6.10. The number of hydrogen-bond donors (Lipinski definition) is 1. The SMILES string of the molecule is On1nnc2nc3ccc(Br)cc3c(-c3ccccc3Cl)c21. The van der Waals surface area contributed by atoms with Crippen LogP contribution in [0, 0.1) is 0 Å². The molecule has 0 unspecified atom stereocenters. The highest BCUT2D eigenvalue weighted by Crippen LogP contribution is 2.38. The van der Waals surface area contributed by atoms with Crippen molar-refractivity contribution in [1.82, 2.24) is 20.1 Å². The van der Waals surface area contributed by atoms with Crippen molar-refractivity contribution in [3.63, 3.8) is 0 Å². The van der Waals surface area contributed by atoms with Crippen LogP contribution in [0.4, 0.5) is 0 Å². The lowest BCUT2D eigenvalue weighted by molar-refractivity contribution is 0.155. The lowest BCUT2D eigenvalue weighted by Gasteiger charge is -2.10. The number of fused-ring (bicyclic) bond motifs is 2. The Balaban J connectivity index is 2.27. The van der Waals surface area contributed by atoms with Crippen molar-refractivity contribution in [3.05, 3.63) is 52.0 Å². The molecule has 0 saturated heterocycles. The molecule has 108 valence electrons. The number of pyridine rings is 1. The third-order valence-corrected chi connectivity index (χ3v) is 4.29. The summed E-state index contributed by atoms with van der Waals surface area (Å²) in [7, 11) is 0. The number of benzene rings is 2. The predicted octanol–water partition coefficient (Wildman–Crippen LogP) is 4.30. The molecule has 2 aromatic heterocycles. The maximum absolute atomic E-state index is 10.0. The van der Waals surface area contributed by atoms with Gasteiger partial charge < -0.3 is 5.21 Å². The third-order valence-electron chi connectivity index (χ3n) is 3.47. The molecule has 4 rings (SSSR count). The van der Waals surface area contributed by atoms with E-state index < -0.39 is 0 Å². The van der Waals surface area contributed by atoms with Crippen LogP contribution in [0.5, 0.6) is 0 Å². The highest BCUT2D eigenvalue weighted by atomic mass is 79.9. The molecular formula is C15H8BrClN4O. The van der Waals surface area contributed by atoms with Crippen LogP contribution in [0.1, 0.15) is 0 Å². The quantitative estimate of drug-likeness (QED) is 0.504. The van der Waals surface area contributed by atoms with Gasteiger partial charge in [-0.3, -0.25) is 0 Å². The summed E-state index contributed by atoms with van der Waals surface area (Å²) in [5.74, 6) is 0. The van der Waals surface area contributed by atoms with E-state index in [2.05, 4.69) is 31.2 Å². The first-order chi connectivity index (χ1) is 10.6. The van der Waals surface area contributed by atoms with E-state index in [4.69, 9.17) is 11.6 Å². The molecule has 0 saturated carbocycles. The molecule has 5 nitrogen and oxygen atoms in total. The van der Waals surface area contributed by atoms with Crippen LogP contribution >= 0.6 is 27.5 Å². The molecule has 2 heterocycles. The maximum Gasteiger partial charge on any atom is 0.206 e. The molecule has 1 N–H and O–H groups in total. The fourth-order valence-corrected chi connectivity index (χ4v) is 3.13. The smallest absolute Gasteiger partial charge is 0.206 e. The highest BCUT2D eigenvalue weighted by Gasteiger charge is 2.18. The first-order valence-electron chi connectivity index (χ1n) is 6.44. The monoisotopic (exact) mass is 374 g/mol. The first-order valence-corrected chi connectivity index (χ1v) is 7.61. The molecule has 0 aliphatic rings. The predicted molar refractivity (Wildman–Crippen MR) is 88.2 cm³/mol. The van der Waals surface area contributed by atoms with Gasteiger partial charge in [-0.25, -0.2) is 4.98 Å². The van der Waals surface area contributed by atoms with E-state index in [-0.39, 0.29) is 0 Å². The summed E-state index contributed by atoms with van der Waals surface area (Å²) in [5, 5.41) is 19.0. The Kier molecular flexibility index (Phi) is 3.02. The van der Waals surface area contributed by atoms with Crippen molar-refractivity contribution in [2.24, 2.45) is 0 Å². The minimum Gasteiger partial charge on any atom is -0.410 e. The topological polar surface area (TPSA) is 63.8 Å². The molecule has 0 amide bonds. The van der Waals surface area contributed by atoms with Gasteiger partial charge in [0.15, 0.2) is 5.52 Å². The van der Waals surface area contributed by atoms with Gasteiger partial charge in [-0.2, -0.15) is 0 Å². The highest BCUT2D eigenvalue weighted by molar-refractivity contribution is 9.10. The molecule has 0 bridgehead atoms. The Morgan fingerprint density at radius 3 is 2.77 bits per heavy atom. The van der Waals surface area contributed by atoms with Crippen molar-refractivity contribution in [3.8, 4) is 11.1 Å². The number of rotatable bonds is 1. The Bertz CT molecular complexity index is 1030. The lowest BCUT2D eigenvalue weighted by atomic mass is 10.00. The molecule has 0 atom stereocenters. The van der Waals surface area contributed by atoms with Crippen molar-refractivity contribution in [2.75, 3.05) is 0 Å². The zero-order valence-electron chi connectivity index (χ0n) is 11.0. The second-order valence-electron chi connectivity index (χ2n) is 4.78. The van der Waals surface area contributed by atoms with Gasteiger partial charge in [-0.05, 0) is 29.5 Å². The van der Waals surface area contributed by atoms with Gasteiger partial charge in [0.25, 0.3) is 0 Å². The summed E-state index contributed by atoms with van der Waals surface area (Å²) >= 11 is 9.82. The minimum absolute atomic E-state index is 0.368. The van der Waals surface area contributed by atoms with Crippen molar-refractivity contribution < 1.29 is 5.21 Å². The number of hydrogen-bond acceptors (Lipinski definition) is 4. The summed E-state index contributed by atoms with van der Waals surface area (Å²) in [6.45, 7) is 0. The van der Waals surface area contributed by atoms with Crippen LogP contribution in [-0.2, 0) is 0 Å². The van der Waals surface area contributed by atoms with Gasteiger partial charge in [0.2, 0.25) is 5.65 Å². The Morgan fingerprint density at radius 1 is 1.14 bits per heavy atom. The molecule has 0 aliphatic heterocycles. The van der Waals surface area contributed by atoms with Crippen LogP contribution in [0.3, 0.4) is 0 Å². The van der Waals surface area contributed by atoms with Crippen LogP contribution in [0.2, 0.25) is 5.02 Å². The third kappa shape index (κ3) is 1.95. The first kappa shape index (κ1) is 13.5. The van der Waals surface area contributed by atoms with E-state index in [1.807, 2.05) is 36.4 Å². The number of aromatic nitrogens is 4. The van der Waals surface area contributed by atoms with Crippen molar-refractivity contribution in [2.45, 2.75) is 0 Å². The summed E-state index contributed by atoms with van der Waals surface area (Å²) in [6.07, 6.45) is 0. The van der Waals surface area contributed by atoms with Crippen LogP contribution in [0.15, 0.2) is 46.9 Å². The average Bonchev–Trinajstić information content (AvgIpc) is 2.87. The Labute approximate surface area is 138 Å². The summed E-state index contributed by atoms with van der Waals surface area (Å²) < 4.78 is 0.909. The molecule has 0 spiro atoms. The van der Waals surface area contributed by atoms with Crippen LogP contribution in [-0.4, -0.2) is 25.3 Å². The molecule has 0 fully saturated rings. The normalized spacial score (nSPS) is 11.4. The number of halogens is 2. The number of nitrogens with zero attached hydrogens (tertiary/aromatic N) is 4. The van der Waals surface area contributed by atoms with Crippen LogP contribution < -0.4 is 0 Å². The largest absolute Gasteiger partial charge is 0.410 e. The van der Waals surface area contributed by atoms with Crippen LogP contribution in [0.25, 0.3) is 33.2 Å². The van der Waals surface area contributed by atoms with Gasteiger partial charge in [0, 0.05) is 26.0 Å². The molecule has 0 radical (unpaired) electrons. The molecule has 4 aromatic rings. The van der Waals surface area contributed by atoms with E-state index in [9.17, 15) is 5.21 Å². The standard InChI is InChI=1S/C15H8BrClN4O/c16-8-5-6-12-10(7-8)13(9-3-1-2-4-11(9)17)14-15(18-12)19-20-21(14)22/h1-7,22H. The molecule has 7 heteroatoms. The minimum atomic E-state index is 0.368. The van der Waals surface area contributed by atoms with E-state index in [1.165, 1.54) is 0 Å². The van der Waals surface area contributed by atoms with E-state index in [0.717, 1.165) is 31.3 Å². The molecule has 2 aromatic carbocycles. The van der Waals surface area contributed by atoms with Gasteiger partial charge >= 0.3 is 0 Å². The van der Waals surface area contributed by atoms with Gasteiger partial charge in [-0.1, -0.05) is 50.6 Å². The summed E-state index contributed by atoms with van der Waals surface area (Å²) in [4.78, 5) is 5.17. The Hall–Kier alpha value is -2.18. The summed E-state index contributed by atoms with van der Waals surface area (Å²) in [5.41, 5.74) is 3.09. The average molecular weight is 376 g/mol. The fourth-order valence-electron chi connectivity index (χ4n) is 2.54. The lowest BCUT2D eigenvalue weighted by Crippen LogP contribution is -1.96. The van der Waals surface area contributed by atoms with Crippen molar-refractivity contribution >= 4 is 49.6 Å². The van der Waals surface area contributed by atoms with Gasteiger partial charge in [0.05, 0.1) is 5.52 Å². The van der Waals surface area contributed by atoms with Gasteiger partial charge in [0.1, 0.15) is 0 Å². The van der Waals surface area contributed by atoms with Gasteiger partial charge in [-0.15, -0.1) is 5.10 Å². The van der Waals surface area contributed by atoms with E-state index >= 15 is 0 Å². The zero-order chi connectivity index (χ0) is 15.3. The Morgan fingerprint density at radius 2 is 1.95 bits per heavy atom. The molecule has 22 heavy (non-hydrogen) atoms. The zero-order valence-corrected chi connectivity index (χ0v) is 13.4. The molecular weight excluding hydrogens is 368 g/mol. The summed E-state index contributed by atoms with van der Waals surface area (Å²) in [6, 6.07) is 13.2. The van der Waals surface area contributed by atoms with E-state index in [0.29, 0.717) is 16.2 Å². The van der Waals surface area contributed by atoms with Crippen molar-refractivity contribution in [1.29, 1.82) is 0 Å². The maximum atomic E-state index is 10.0.